The number of rotatable bonds is 10. The Bertz CT molecular complexity index is 794. The number of nitrogens with zero attached hydrogens (tertiary/aromatic N) is 2. The standard InChI is InChI=1S/C27H38ClN.C2H3N/c1-4-27(29(21(2)3)19-18-22-8-6-5-7-9-22)17-12-23-10-13-24(14-11-23)25-15-16-26(28)20-25;1-2-3/h5-11,13-14,21,25-27H,4,12,15-20H2,1-3H3;1H3. The molecule has 0 heterocycles. The summed E-state index contributed by atoms with van der Waals surface area (Å²) in [6, 6.07) is 23.3. The van der Waals surface area contributed by atoms with Crippen LogP contribution in [0.2, 0.25) is 0 Å². The highest BCUT2D eigenvalue weighted by molar-refractivity contribution is 6.20. The van der Waals surface area contributed by atoms with Crippen LogP contribution in [0.5, 0.6) is 0 Å². The molecule has 3 unspecified atom stereocenters. The van der Waals surface area contributed by atoms with Crippen LogP contribution in [-0.2, 0) is 12.8 Å². The molecule has 1 aliphatic carbocycles. The van der Waals surface area contributed by atoms with E-state index in [1.807, 2.05) is 0 Å². The van der Waals surface area contributed by atoms with Crippen LogP contribution < -0.4 is 0 Å². The normalized spacial score (nSPS) is 18.8. The lowest BCUT2D eigenvalue weighted by Gasteiger charge is -2.35. The van der Waals surface area contributed by atoms with Crippen LogP contribution in [-0.4, -0.2) is 28.9 Å². The third-order valence-electron chi connectivity index (χ3n) is 6.69. The zero-order valence-corrected chi connectivity index (χ0v) is 21.2. The van der Waals surface area contributed by atoms with Crippen LogP contribution >= 0.6 is 11.6 Å². The second-order valence-corrected chi connectivity index (χ2v) is 9.86. The highest BCUT2D eigenvalue weighted by Crippen LogP contribution is 2.37. The molecule has 1 aliphatic rings. The number of aryl methyl sites for hydroxylation is 1. The molecule has 1 fully saturated rings. The number of alkyl halides is 1. The fraction of sp³-hybridized carbons (Fsp3) is 0.552. The molecule has 0 radical (unpaired) electrons. The molecule has 3 heteroatoms. The maximum Gasteiger partial charge on any atom is 0.0587 e. The molecule has 0 bridgehead atoms. The van der Waals surface area contributed by atoms with Gasteiger partial charge in [-0.25, -0.2) is 0 Å². The van der Waals surface area contributed by atoms with Crippen LogP contribution in [0.15, 0.2) is 54.6 Å². The minimum absolute atomic E-state index is 0.378. The van der Waals surface area contributed by atoms with Crippen molar-refractivity contribution in [3.63, 3.8) is 0 Å². The molecule has 32 heavy (non-hydrogen) atoms. The molecule has 0 aromatic heterocycles. The van der Waals surface area contributed by atoms with Gasteiger partial charge < -0.3 is 0 Å². The van der Waals surface area contributed by atoms with E-state index in [1.54, 1.807) is 6.07 Å². The van der Waals surface area contributed by atoms with E-state index >= 15 is 0 Å². The van der Waals surface area contributed by atoms with Gasteiger partial charge in [0.25, 0.3) is 0 Å². The smallest absolute Gasteiger partial charge is 0.0587 e. The van der Waals surface area contributed by atoms with Gasteiger partial charge in [0.15, 0.2) is 0 Å². The van der Waals surface area contributed by atoms with Crippen molar-refractivity contribution in [1.29, 1.82) is 5.26 Å². The van der Waals surface area contributed by atoms with Gasteiger partial charge in [-0.05, 0) is 81.4 Å². The Morgan fingerprint density at radius 3 is 2.16 bits per heavy atom. The second kappa shape index (κ2) is 14.4. The lowest BCUT2D eigenvalue weighted by Crippen LogP contribution is -2.41. The van der Waals surface area contributed by atoms with Gasteiger partial charge in [-0.2, -0.15) is 5.26 Å². The highest BCUT2D eigenvalue weighted by atomic mass is 35.5. The summed E-state index contributed by atoms with van der Waals surface area (Å²) < 4.78 is 0. The van der Waals surface area contributed by atoms with Crippen LogP contribution in [0.3, 0.4) is 0 Å². The van der Waals surface area contributed by atoms with Crippen LogP contribution in [0.1, 0.15) is 82.4 Å². The first kappa shape index (κ1) is 26.4. The van der Waals surface area contributed by atoms with Gasteiger partial charge in [0.2, 0.25) is 0 Å². The SMILES string of the molecule is CC#N.CCC(CCc1ccc(C2CCC(Cl)C2)cc1)N(CCc1ccccc1)C(C)C. The lowest BCUT2D eigenvalue weighted by atomic mass is 9.94. The van der Waals surface area contributed by atoms with Gasteiger partial charge in [-0.15, -0.1) is 11.6 Å². The zero-order valence-electron chi connectivity index (χ0n) is 20.4. The minimum atomic E-state index is 0.378. The van der Waals surface area contributed by atoms with Crippen LogP contribution in [0.4, 0.5) is 0 Å². The first-order chi connectivity index (χ1) is 15.5. The largest absolute Gasteiger partial charge is 0.298 e. The average molecular weight is 453 g/mol. The Morgan fingerprint density at radius 1 is 1.00 bits per heavy atom. The molecule has 3 atom stereocenters. The molecule has 1 saturated carbocycles. The maximum absolute atomic E-state index is 7.32. The van der Waals surface area contributed by atoms with Crippen molar-refractivity contribution >= 4 is 11.6 Å². The zero-order chi connectivity index (χ0) is 23.3. The first-order valence-corrected chi connectivity index (χ1v) is 12.8. The van der Waals surface area contributed by atoms with E-state index in [9.17, 15) is 0 Å². The third-order valence-corrected chi connectivity index (χ3v) is 7.09. The van der Waals surface area contributed by atoms with E-state index in [1.165, 1.54) is 49.3 Å². The molecule has 0 saturated heterocycles. The molecule has 0 N–H and O–H groups in total. The van der Waals surface area contributed by atoms with Gasteiger partial charge in [0.05, 0.1) is 6.07 Å². The van der Waals surface area contributed by atoms with Gasteiger partial charge in [0, 0.05) is 30.9 Å². The van der Waals surface area contributed by atoms with Crippen LogP contribution in [0, 0.1) is 11.3 Å². The van der Waals surface area contributed by atoms with Crippen LogP contribution in [0.25, 0.3) is 0 Å². The Hall–Kier alpha value is -1.82. The summed E-state index contributed by atoms with van der Waals surface area (Å²) in [5.41, 5.74) is 4.39. The van der Waals surface area contributed by atoms with E-state index in [2.05, 4.69) is 80.3 Å². The summed E-state index contributed by atoms with van der Waals surface area (Å²) in [6.45, 7) is 9.59. The number of benzene rings is 2. The Labute approximate surface area is 201 Å². The number of nitriles is 1. The molecule has 174 valence electrons. The fourth-order valence-corrected chi connectivity index (χ4v) is 5.23. The van der Waals surface area contributed by atoms with Crippen molar-refractivity contribution in [2.24, 2.45) is 0 Å². The Morgan fingerprint density at radius 2 is 1.62 bits per heavy atom. The molecular weight excluding hydrogens is 412 g/mol. The second-order valence-electron chi connectivity index (χ2n) is 9.24. The fourth-order valence-electron chi connectivity index (χ4n) is 4.89. The van der Waals surface area contributed by atoms with Crippen molar-refractivity contribution in [3.8, 4) is 6.07 Å². The molecule has 0 amide bonds. The molecule has 0 aliphatic heterocycles. The quantitative estimate of drug-likeness (QED) is 0.344. The van der Waals surface area contributed by atoms with E-state index in [0.29, 0.717) is 23.4 Å². The number of hydrogen-bond acceptors (Lipinski definition) is 2. The predicted molar refractivity (Wildman–Crippen MR) is 138 cm³/mol. The molecule has 2 aromatic rings. The summed E-state index contributed by atoms with van der Waals surface area (Å²) in [4.78, 5) is 2.71. The first-order valence-electron chi connectivity index (χ1n) is 12.3. The topological polar surface area (TPSA) is 27.0 Å². The van der Waals surface area contributed by atoms with Crippen molar-refractivity contribution in [2.45, 2.75) is 96.0 Å². The van der Waals surface area contributed by atoms with E-state index in [-0.39, 0.29) is 0 Å². The monoisotopic (exact) mass is 452 g/mol. The van der Waals surface area contributed by atoms with E-state index in [0.717, 1.165) is 25.8 Å². The van der Waals surface area contributed by atoms with Gasteiger partial charge in [-0.3, -0.25) is 4.90 Å². The van der Waals surface area contributed by atoms with Gasteiger partial charge in [-0.1, -0.05) is 61.5 Å². The summed E-state index contributed by atoms with van der Waals surface area (Å²) in [5.74, 6) is 0.671. The highest BCUT2D eigenvalue weighted by Gasteiger charge is 2.24. The number of hydrogen-bond donors (Lipinski definition) is 0. The summed E-state index contributed by atoms with van der Waals surface area (Å²) in [5, 5.41) is 7.70. The maximum atomic E-state index is 7.32. The van der Waals surface area contributed by atoms with Crippen molar-refractivity contribution in [1.82, 2.24) is 4.90 Å². The predicted octanol–water partition coefficient (Wildman–Crippen LogP) is 7.76. The van der Waals surface area contributed by atoms with Crippen molar-refractivity contribution < 1.29 is 0 Å². The van der Waals surface area contributed by atoms with E-state index < -0.39 is 0 Å². The lowest BCUT2D eigenvalue weighted by molar-refractivity contribution is 0.143. The molecule has 2 aromatic carbocycles. The minimum Gasteiger partial charge on any atom is -0.298 e. The van der Waals surface area contributed by atoms with E-state index in [4.69, 9.17) is 16.9 Å². The summed E-state index contributed by atoms with van der Waals surface area (Å²) in [7, 11) is 0. The summed E-state index contributed by atoms with van der Waals surface area (Å²) >= 11 is 6.30. The van der Waals surface area contributed by atoms with Gasteiger partial charge in [0.1, 0.15) is 0 Å². The van der Waals surface area contributed by atoms with Gasteiger partial charge >= 0.3 is 0 Å². The van der Waals surface area contributed by atoms with Crippen molar-refractivity contribution in [2.75, 3.05) is 6.54 Å². The summed E-state index contributed by atoms with van der Waals surface area (Å²) in [6.07, 6.45) is 8.30. The van der Waals surface area contributed by atoms with Crippen molar-refractivity contribution in [3.05, 3.63) is 71.3 Å². The molecular formula is C29H41ClN2. The molecule has 0 spiro atoms. The average Bonchev–Trinajstić information content (AvgIpc) is 3.23. The third kappa shape index (κ3) is 8.61. The Balaban J connectivity index is 0.00000114. The molecule has 3 rings (SSSR count). The molecule has 2 nitrogen and oxygen atoms in total. The Kier molecular flexibility index (Phi) is 11.9. The number of halogens is 1.